The first-order valence-electron chi connectivity index (χ1n) is 13.7. The Bertz CT molecular complexity index is 617. The van der Waals surface area contributed by atoms with Crippen molar-refractivity contribution in [1.29, 1.82) is 0 Å². The van der Waals surface area contributed by atoms with Crippen LogP contribution in [0.1, 0.15) is 101 Å². The molecule has 0 aliphatic carbocycles. The topological polar surface area (TPSA) is 15.6 Å². The average Bonchev–Trinajstić information content (AvgIpc) is 2.70. The van der Waals surface area contributed by atoms with Gasteiger partial charge in [0, 0.05) is 12.8 Å². The molecule has 0 unspecified atom stereocenters. The standard InChI is InChI=1S/C29H56N2Si2/c1-23(2)32(24(3)4,25(5)6)31(33(26(7)8,27(9)10)28(11)12)21-17-16-20-30-22-29-18-14-13-15-19-29/h13-15,18-19,22-28H,16-17,20-21H2,1-12H3. The molecule has 1 aromatic carbocycles. The summed E-state index contributed by atoms with van der Waals surface area (Å²) >= 11 is 0. The molecule has 0 heterocycles. The molecule has 190 valence electrons. The lowest BCUT2D eigenvalue weighted by molar-refractivity contribution is 0.479. The Balaban J connectivity index is 3.31. The van der Waals surface area contributed by atoms with Crippen LogP contribution >= 0.6 is 0 Å². The summed E-state index contributed by atoms with van der Waals surface area (Å²) in [5.41, 5.74) is 5.77. The van der Waals surface area contributed by atoms with Crippen LogP contribution in [0.25, 0.3) is 0 Å². The van der Waals surface area contributed by atoms with Crippen molar-refractivity contribution >= 4 is 22.7 Å². The van der Waals surface area contributed by atoms with Crippen LogP contribution in [0, 0.1) is 0 Å². The Morgan fingerprint density at radius 1 is 0.636 bits per heavy atom. The normalized spacial score (nSPS) is 13.9. The molecule has 33 heavy (non-hydrogen) atoms. The second-order valence-corrected chi connectivity index (χ2v) is 24.0. The Kier molecular flexibility index (Phi) is 12.3. The summed E-state index contributed by atoms with van der Waals surface area (Å²) in [5, 5.41) is 0. The first-order chi connectivity index (χ1) is 15.4. The van der Waals surface area contributed by atoms with Crippen LogP contribution in [0.2, 0.25) is 33.2 Å². The lowest BCUT2D eigenvalue weighted by Gasteiger charge is -2.63. The number of benzene rings is 1. The summed E-state index contributed by atoms with van der Waals surface area (Å²) in [4.78, 5) is 4.75. The molecule has 0 spiro atoms. The highest BCUT2D eigenvalue weighted by Gasteiger charge is 2.58. The minimum Gasteiger partial charge on any atom is -0.344 e. The van der Waals surface area contributed by atoms with Gasteiger partial charge < -0.3 is 4.23 Å². The van der Waals surface area contributed by atoms with Crippen molar-refractivity contribution < 1.29 is 0 Å². The molecule has 0 aromatic heterocycles. The van der Waals surface area contributed by atoms with E-state index in [1.54, 1.807) is 0 Å². The van der Waals surface area contributed by atoms with E-state index in [-0.39, 0.29) is 0 Å². The van der Waals surface area contributed by atoms with Crippen molar-refractivity contribution in [1.82, 2.24) is 4.23 Å². The molecule has 0 saturated carbocycles. The van der Waals surface area contributed by atoms with E-state index < -0.39 is 16.5 Å². The molecule has 0 amide bonds. The maximum atomic E-state index is 4.75. The molecule has 0 saturated heterocycles. The van der Waals surface area contributed by atoms with E-state index in [1.807, 2.05) is 6.21 Å². The van der Waals surface area contributed by atoms with Gasteiger partial charge in [0.15, 0.2) is 0 Å². The summed E-state index contributed by atoms with van der Waals surface area (Å²) in [7, 11) is -3.49. The van der Waals surface area contributed by atoms with E-state index in [0.717, 1.165) is 39.8 Å². The SMILES string of the molecule is CC(C)[Si](C(C)C)(C(C)C)N(CCCCN=Cc1ccccc1)[Si](C(C)C)(C(C)C)C(C)C. The van der Waals surface area contributed by atoms with Crippen molar-refractivity contribution in [3.63, 3.8) is 0 Å². The first-order valence-corrected chi connectivity index (χ1v) is 18.1. The van der Waals surface area contributed by atoms with Crippen LogP contribution in [-0.2, 0) is 0 Å². The largest absolute Gasteiger partial charge is 0.344 e. The van der Waals surface area contributed by atoms with Crippen molar-refractivity contribution in [2.24, 2.45) is 4.99 Å². The van der Waals surface area contributed by atoms with Crippen molar-refractivity contribution in [3.8, 4) is 0 Å². The highest BCUT2D eigenvalue weighted by Crippen LogP contribution is 2.53. The average molecular weight is 489 g/mol. The summed E-state index contributed by atoms with van der Waals surface area (Å²) in [5.74, 6) is 0. The number of hydrogen-bond donors (Lipinski definition) is 0. The van der Waals surface area contributed by atoms with E-state index in [0.29, 0.717) is 0 Å². The molecule has 0 fully saturated rings. The molecule has 0 radical (unpaired) electrons. The Morgan fingerprint density at radius 2 is 1.03 bits per heavy atom. The predicted octanol–water partition coefficient (Wildman–Crippen LogP) is 9.54. The predicted molar refractivity (Wildman–Crippen MR) is 157 cm³/mol. The third-order valence-electron chi connectivity index (χ3n) is 8.44. The molecule has 0 aliphatic heterocycles. The van der Waals surface area contributed by atoms with Gasteiger partial charge in [-0.2, -0.15) is 0 Å². The first kappa shape index (κ1) is 30.3. The minimum atomic E-state index is -1.75. The van der Waals surface area contributed by atoms with E-state index in [4.69, 9.17) is 4.99 Å². The molecular formula is C29H56N2Si2. The van der Waals surface area contributed by atoms with Gasteiger partial charge in [-0.05, 0) is 58.2 Å². The molecule has 1 rings (SSSR count). The molecule has 2 nitrogen and oxygen atoms in total. The highest BCUT2D eigenvalue weighted by atomic mass is 28.4. The number of hydrogen-bond acceptors (Lipinski definition) is 2. The monoisotopic (exact) mass is 488 g/mol. The third kappa shape index (κ3) is 6.49. The molecule has 0 atom stereocenters. The molecule has 0 bridgehead atoms. The van der Waals surface area contributed by atoms with Gasteiger partial charge in [-0.1, -0.05) is 113 Å². The quantitative estimate of drug-likeness (QED) is 0.144. The molecule has 1 aromatic rings. The zero-order chi connectivity index (χ0) is 25.4. The van der Waals surface area contributed by atoms with Gasteiger partial charge in [-0.3, -0.25) is 4.99 Å². The summed E-state index contributed by atoms with van der Waals surface area (Å²) in [6.45, 7) is 32.7. The fourth-order valence-corrected chi connectivity index (χ4v) is 27.9. The van der Waals surface area contributed by atoms with Crippen molar-refractivity contribution in [2.75, 3.05) is 13.1 Å². The zero-order valence-electron chi connectivity index (χ0n) is 24.2. The molecular weight excluding hydrogens is 433 g/mol. The van der Waals surface area contributed by atoms with E-state index in [1.165, 1.54) is 24.9 Å². The Labute approximate surface area is 209 Å². The highest BCUT2D eigenvalue weighted by molar-refractivity contribution is 6.96. The zero-order valence-corrected chi connectivity index (χ0v) is 26.2. The van der Waals surface area contributed by atoms with E-state index in [2.05, 4.69) is 118 Å². The maximum Gasteiger partial charge on any atom is 0.129 e. The van der Waals surface area contributed by atoms with Crippen molar-refractivity contribution in [3.05, 3.63) is 35.9 Å². The van der Waals surface area contributed by atoms with Gasteiger partial charge in [-0.25, -0.2) is 0 Å². The van der Waals surface area contributed by atoms with Crippen LogP contribution in [0.4, 0.5) is 0 Å². The summed E-state index contributed by atoms with van der Waals surface area (Å²) in [6, 6.07) is 10.5. The molecule has 0 aliphatic rings. The Hall–Kier alpha value is -0.716. The van der Waals surface area contributed by atoms with E-state index >= 15 is 0 Å². The van der Waals surface area contributed by atoms with Crippen LogP contribution in [0.15, 0.2) is 35.3 Å². The van der Waals surface area contributed by atoms with Crippen LogP contribution in [0.5, 0.6) is 0 Å². The van der Waals surface area contributed by atoms with Crippen LogP contribution < -0.4 is 0 Å². The number of unbranched alkanes of at least 4 members (excludes halogenated alkanes) is 1. The lowest BCUT2D eigenvalue weighted by atomic mass is 10.2. The number of aliphatic imine (C=N–C) groups is 1. The van der Waals surface area contributed by atoms with Crippen LogP contribution in [-0.4, -0.2) is 40.0 Å². The van der Waals surface area contributed by atoms with Gasteiger partial charge in [0.05, 0.1) is 0 Å². The van der Waals surface area contributed by atoms with Gasteiger partial charge in [0.2, 0.25) is 0 Å². The second-order valence-electron chi connectivity index (χ2n) is 12.0. The van der Waals surface area contributed by atoms with Crippen molar-refractivity contribution in [2.45, 2.75) is 129 Å². The van der Waals surface area contributed by atoms with Gasteiger partial charge in [-0.15, -0.1) is 0 Å². The number of nitrogens with zero attached hydrogens (tertiary/aromatic N) is 2. The van der Waals surface area contributed by atoms with Crippen LogP contribution in [0.3, 0.4) is 0 Å². The lowest BCUT2D eigenvalue weighted by Crippen LogP contribution is -2.74. The fourth-order valence-electron chi connectivity index (χ4n) is 7.77. The molecule has 4 heteroatoms. The summed E-state index contributed by atoms with van der Waals surface area (Å²) in [6.07, 6.45) is 4.48. The summed E-state index contributed by atoms with van der Waals surface area (Å²) < 4.78 is 3.31. The molecule has 0 N–H and O–H groups in total. The van der Waals surface area contributed by atoms with Gasteiger partial charge in [0.1, 0.15) is 16.5 Å². The minimum absolute atomic E-state index is 0.761. The number of rotatable bonds is 14. The Morgan fingerprint density at radius 3 is 1.39 bits per heavy atom. The third-order valence-corrected chi connectivity index (χ3v) is 24.2. The second kappa shape index (κ2) is 13.4. The van der Waals surface area contributed by atoms with Gasteiger partial charge in [0.25, 0.3) is 0 Å². The fraction of sp³-hybridized carbons (Fsp3) is 0.759. The smallest absolute Gasteiger partial charge is 0.129 e. The van der Waals surface area contributed by atoms with Gasteiger partial charge >= 0.3 is 0 Å². The maximum absolute atomic E-state index is 4.75. The van der Waals surface area contributed by atoms with E-state index in [9.17, 15) is 0 Å².